The summed E-state index contributed by atoms with van der Waals surface area (Å²) in [6, 6.07) is 1.61. The van der Waals surface area contributed by atoms with E-state index in [0.29, 0.717) is 5.82 Å². The smallest absolute Gasteiger partial charge is 0.280 e. The molecule has 0 atom stereocenters. The van der Waals surface area contributed by atoms with Crippen LogP contribution in [-0.2, 0) is 15.6 Å². The monoisotopic (exact) mass is 274 g/mol. The van der Waals surface area contributed by atoms with E-state index in [9.17, 15) is 8.42 Å². The minimum atomic E-state index is -3.54. The first kappa shape index (κ1) is 15.0. The van der Waals surface area contributed by atoms with E-state index >= 15 is 0 Å². The Morgan fingerprint density at radius 1 is 1.39 bits per heavy atom. The van der Waals surface area contributed by atoms with Crippen molar-refractivity contribution in [3.8, 4) is 0 Å². The topological polar surface area (TPSA) is 78.1 Å². The predicted octanol–water partition coefficient (Wildman–Crippen LogP) is 1.70. The maximum atomic E-state index is 12.0. The first-order valence-electron chi connectivity index (χ1n) is 5.85. The number of hydrogen-bond donors (Lipinski definition) is 2. The van der Waals surface area contributed by atoms with Crippen LogP contribution in [0.25, 0.3) is 0 Å². The van der Waals surface area contributed by atoms with Gasteiger partial charge in [-0.15, -0.1) is 0 Å². The Labute approximate surface area is 109 Å². The number of aromatic nitrogens is 2. The molecular weight excluding hydrogens is 252 g/mol. The third-order valence-corrected chi connectivity index (χ3v) is 4.37. The molecule has 0 aliphatic heterocycles. The van der Waals surface area contributed by atoms with Gasteiger partial charge in [-0.1, -0.05) is 20.8 Å². The van der Waals surface area contributed by atoms with Gasteiger partial charge in [0.2, 0.25) is 0 Å². The van der Waals surface area contributed by atoms with E-state index in [1.807, 2.05) is 34.6 Å². The summed E-state index contributed by atoms with van der Waals surface area (Å²) < 4.78 is 27.6. The first-order chi connectivity index (χ1) is 8.04. The van der Waals surface area contributed by atoms with Gasteiger partial charge in [0.15, 0.2) is 5.82 Å². The van der Waals surface area contributed by atoms with E-state index in [2.05, 4.69) is 14.9 Å². The normalized spacial score (nSPS) is 13.3. The van der Waals surface area contributed by atoms with Crippen molar-refractivity contribution in [3.63, 3.8) is 0 Å². The lowest BCUT2D eigenvalue weighted by Gasteiger charge is -2.20. The van der Waals surface area contributed by atoms with E-state index in [1.54, 1.807) is 6.07 Å². The Morgan fingerprint density at radius 3 is 2.33 bits per heavy atom. The van der Waals surface area contributed by atoms with Crippen molar-refractivity contribution in [3.05, 3.63) is 11.8 Å². The quantitative estimate of drug-likeness (QED) is 0.877. The molecule has 0 radical (unpaired) electrons. The molecule has 7 heteroatoms. The van der Waals surface area contributed by atoms with Crippen molar-refractivity contribution >= 4 is 16.0 Å². The summed E-state index contributed by atoms with van der Waals surface area (Å²) >= 11 is 0. The fourth-order valence-electron chi connectivity index (χ4n) is 1.24. The van der Waals surface area contributed by atoms with Crippen molar-refractivity contribution < 1.29 is 8.42 Å². The number of hydrogen-bond acceptors (Lipinski definition) is 3. The Hall–Kier alpha value is -1.08. The molecular formula is C11H22N4O2S. The molecule has 1 aromatic rings. The van der Waals surface area contributed by atoms with E-state index in [4.69, 9.17) is 0 Å². The van der Waals surface area contributed by atoms with Crippen LogP contribution in [0, 0.1) is 0 Å². The zero-order valence-electron chi connectivity index (χ0n) is 11.8. The standard InChI is InChI=1S/C11H22N4O2S/c1-8(2)15(6)18(16,17)14-10-7-9(12-13-10)11(3,4)5/h7-8H,1-6H3,(H2,12,13,14). The minimum absolute atomic E-state index is 0.0966. The van der Waals surface area contributed by atoms with Crippen LogP contribution in [-0.4, -0.2) is 36.0 Å². The second kappa shape index (κ2) is 4.89. The largest absolute Gasteiger partial charge is 0.302 e. The van der Waals surface area contributed by atoms with E-state index < -0.39 is 10.2 Å². The van der Waals surface area contributed by atoms with Gasteiger partial charge in [-0.05, 0) is 13.8 Å². The van der Waals surface area contributed by atoms with Crippen LogP contribution in [0.5, 0.6) is 0 Å². The number of rotatable bonds is 4. The number of nitrogens with zero attached hydrogens (tertiary/aromatic N) is 2. The highest BCUT2D eigenvalue weighted by molar-refractivity contribution is 7.90. The highest BCUT2D eigenvalue weighted by atomic mass is 32.2. The zero-order valence-corrected chi connectivity index (χ0v) is 12.6. The van der Waals surface area contributed by atoms with E-state index in [0.717, 1.165) is 5.69 Å². The molecule has 2 N–H and O–H groups in total. The highest BCUT2D eigenvalue weighted by Gasteiger charge is 2.23. The molecule has 0 amide bonds. The summed E-state index contributed by atoms with van der Waals surface area (Å²) in [4.78, 5) is 0. The van der Waals surface area contributed by atoms with Crippen LogP contribution < -0.4 is 4.72 Å². The first-order valence-corrected chi connectivity index (χ1v) is 7.29. The van der Waals surface area contributed by atoms with Gasteiger partial charge in [-0.3, -0.25) is 9.82 Å². The van der Waals surface area contributed by atoms with Crippen molar-refractivity contribution in [2.24, 2.45) is 0 Å². The third-order valence-electron chi connectivity index (χ3n) is 2.73. The van der Waals surface area contributed by atoms with Crippen LogP contribution in [0.2, 0.25) is 0 Å². The minimum Gasteiger partial charge on any atom is -0.280 e. The lowest BCUT2D eigenvalue weighted by atomic mass is 9.92. The molecule has 0 saturated heterocycles. The van der Waals surface area contributed by atoms with Crippen LogP contribution in [0.1, 0.15) is 40.3 Å². The fraction of sp³-hybridized carbons (Fsp3) is 0.727. The summed E-state index contributed by atoms with van der Waals surface area (Å²) in [6.45, 7) is 9.70. The lowest BCUT2D eigenvalue weighted by molar-refractivity contribution is 0.414. The third kappa shape index (κ3) is 3.46. The fourth-order valence-corrected chi connectivity index (χ4v) is 2.31. The van der Waals surface area contributed by atoms with Gasteiger partial charge in [-0.25, -0.2) is 0 Å². The SMILES string of the molecule is CC(C)N(C)S(=O)(=O)Nc1cc(C(C)(C)C)[nH]n1. The van der Waals surface area contributed by atoms with Gasteiger partial charge in [0.25, 0.3) is 0 Å². The molecule has 0 aliphatic rings. The van der Waals surface area contributed by atoms with Gasteiger partial charge in [-0.2, -0.15) is 17.8 Å². The van der Waals surface area contributed by atoms with Crippen molar-refractivity contribution in [2.45, 2.75) is 46.1 Å². The molecule has 0 unspecified atom stereocenters. The average molecular weight is 274 g/mol. The summed E-state index contributed by atoms with van der Waals surface area (Å²) in [5.74, 6) is 0.312. The zero-order chi connectivity index (χ0) is 14.1. The predicted molar refractivity (Wildman–Crippen MR) is 72.7 cm³/mol. The van der Waals surface area contributed by atoms with Crippen LogP contribution in [0.4, 0.5) is 5.82 Å². The number of aromatic amines is 1. The highest BCUT2D eigenvalue weighted by Crippen LogP contribution is 2.22. The number of anilines is 1. The Kier molecular flexibility index (Phi) is 4.07. The second-order valence-electron chi connectivity index (χ2n) is 5.63. The van der Waals surface area contributed by atoms with E-state index in [-0.39, 0.29) is 11.5 Å². The van der Waals surface area contributed by atoms with Gasteiger partial charge in [0.05, 0.1) is 0 Å². The molecule has 0 aromatic carbocycles. The summed E-state index contributed by atoms with van der Waals surface area (Å²) in [7, 11) is -2.01. The van der Waals surface area contributed by atoms with Crippen molar-refractivity contribution in [1.29, 1.82) is 0 Å². The molecule has 0 aliphatic carbocycles. The molecule has 0 fully saturated rings. The molecule has 0 bridgehead atoms. The van der Waals surface area contributed by atoms with Crippen LogP contribution in [0.15, 0.2) is 6.07 Å². The Balaban J connectivity index is 2.89. The lowest BCUT2D eigenvalue weighted by Crippen LogP contribution is -2.37. The molecule has 0 spiro atoms. The van der Waals surface area contributed by atoms with Gasteiger partial charge >= 0.3 is 10.2 Å². The summed E-state index contributed by atoms with van der Waals surface area (Å²) in [5, 5.41) is 6.81. The van der Waals surface area contributed by atoms with Crippen LogP contribution >= 0.6 is 0 Å². The maximum Gasteiger partial charge on any atom is 0.302 e. The molecule has 1 heterocycles. The van der Waals surface area contributed by atoms with Gasteiger partial charge in [0.1, 0.15) is 0 Å². The molecule has 104 valence electrons. The number of nitrogens with one attached hydrogen (secondary N) is 2. The molecule has 0 saturated carbocycles. The molecule has 6 nitrogen and oxygen atoms in total. The molecule has 1 aromatic heterocycles. The summed E-state index contributed by atoms with van der Waals surface area (Å²) in [6.07, 6.45) is 0. The molecule has 1 rings (SSSR count). The van der Waals surface area contributed by atoms with Gasteiger partial charge in [0, 0.05) is 30.3 Å². The van der Waals surface area contributed by atoms with Crippen LogP contribution in [0.3, 0.4) is 0 Å². The number of H-pyrrole nitrogens is 1. The van der Waals surface area contributed by atoms with Crippen molar-refractivity contribution in [2.75, 3.05) is 11.8 Å². The maximum absolute atomic E-state index is 12.0. The van der Waals surface area contributed by atoms with E-state index in [1.165, 1.54) is 11.4 Å². The Bertz CT molecular complexity index is 499. The average Bonchev–Trinajstić information content (AvgIpc) is 2.63. The van der Waals surface area contributed by atoms with Gasteiger partial charge < -0.3 is 0 Å². The summed E-state index contributed by atoms with van der Waals surface area (Å²) in [5.41, 5.74) is 0.785. The second-order valence-corrected chi connectivity index (χ2v) is 7.36. The van der Waals surface area contributed by atoms with Crippen molar-refractivity contribution in [1.82, 2.24) is 14.5 Å². The Morgan fingerprint density at radius 2 is 1.94 bits per heavy atom. The molecule has 18 heavy (non-hydrogen) atoms.